The minimum absolute atomic E-state index is 0.242. The van der Waals surface area contributed by atoms with Crippen molar-refractivity contribution in [3.8, 4) is 11.5 Å². The van der Waals surface area contributed by atoms with E-state index in [1.807, 2.05) is 49.4 Å². The molecule has 0 spiro atoms. The standard InChI is InChI=1S/C26H26N8O2/c1-17-3-2-4-21(29-17)24-27-13-9-22(32-24)31-23-10-14-28-26(33-23)30-19-5-7-20(8-6-19)34-15-11-18(12-16-34)25(35)36/h2-10,13-14,18H,11-12,15-16H2,1H3,(H,35,36)(H2,27,28,30,31,32,33). The summed E-state index contributed by atoms with van der Waals surface area (Å²) in [6.45, 7) is 3.41. The van der Waals surface area contributed by atoms with Crippen molar-refractivity contribution in [1.82, 2.24) is 24.9 Å². The second kappa shape index (κ2) is 10.3. The summed E-state index contributed by atoms with van der Waals surface area (Å²) in [4.78, 5) is 35.6. The molecular formula is C26H26N8O2. The van der Waals surface area contributed by atoms with Gasteiger partial charge in [0.15, 0.2) is 5.82 Å². The first kappa shape index (κ1) is 23.2. The molecule has 1 aliphatic rings. The van der Waals surface area contributed by atoms with Gasteiger partial charge >= 0.3 is 5.97 Å². The van der Waals surface area contributed by atoms with E-state index in [9.17, 15) is 9.90 Å². The Morgan fingerprint density at radius 2 is 1.61 bits per heavy atom. The summed E-state index contributed by atoms with van der Waals surface area (Å²) < 4.78 is 0. The molecule has 3 N–H and O–H groups in total. The van der Waals surface area contributed by atoms with Gasteiger partial charge < -0.3 is 20.6 Å². The van der Waals surface area contributed by atoms with E-state index in [1.165, 1.54) is 0 Å². The van der Waals surface area contributed by atoms with Crippen LogP contribution in [0.25, 0.3) is 11.5 Å². The number of nitrogens with zero attached hydrogens (tertiary/aromatic N) is 6. The van der Waals surface area contributed by atoms with E-state index in [-0.39, 0.29) is 5.92 Å². The quantitative estimate of drug-likeness (QED) is 0.348. The number of carboxylic acid groups (broad SMARTS) is 1. The van der Waals surface area contributed by atoms with E-state index < -0.39 is 5.97 Å². The zero-order chi connectivity index (χ0) is 24.9. The number of aryl methyl sites for hydroxylation is 1. The first-order chi connectivity index (χ1) is 17.5. The maximum Gasteiger partial charge on any atom is 0.306 e. The van der Waals surface area contributed by atoms with E-state index in [2.05, 4.69) is 40.5 Å². The number of benzene rings is 1. The van der Waals surface area contributed by atoms with Crippen LogP contribution < -0.4 is 15.5 Å². The number of anilines is 5. The third kappa shape index (κ3) is 5.54. The Kier molecular flexibility index (Phi) is 6.65. The van der Waals surface area contributed by atoms with Crippen LogP contribution in [0, 0.1) is 12.8 Å². The monoisotopic (exact) mass is 482 g/mol. The number of aromatic nitrogens is 5. The van der Waals surface area contributed by atoms with E-state index >= 15 is 0 Å². The zero-order valence-electron chi connectivity index (χ0n) is 19.8. The largest absolute Gasteiger partial charge is 0.481 e. The van der Waals surface area contributed by atoms with Crippen LogP contribution >= 0.6 is 0 Å². The molecule has 36 heavy (non-hydrogen) atoms. The van der Waals surface area contributed by atoms with E-state index in [0.717, 1.165) is 30.2 Å². The number of carboxylic acids is 1. The number of hydrogen-bond donors (Lipinski definition) is 3. The normalized spacial score (nSPS) is 13.9. The van der Waals surface area contributed by atoms with Gasteiger partial charge in [-0.1, -0.05) is 6.07 Å². The number of piperidine rings is 1. The van der Waals surface area contributed by atoms with Crippen molar-refractivity contribution in [3.05, 3.63) is 72.7 Å². The minimum Gasteiger partial charge on any atom is -0.481 e. The summed E-state index contributed by atoms with van der Waals surface area (Å²) in [6.07, 6.45) is 4.68. The fraction of sp³-hybridized carbons (Fsp3) is 0.231. The summed E-state index contributed by atoms with van der Waals surface area (Å²) in [5, 5.41) is 15.6. The van der Waals surface area contributed by atoms with Crippen LogP contribution in [0.15, 0.2) is 67.0 Å². The van der Waals surface area contributed by atoms with Crippen molar-refractivity contribution in [2.75, 3.05) is 28.6 Å². The molecule has 0 amide bonds. The molecule has 4 heterocycles. The predicted octanol–water partition coefficient (Wildman–Crippen LogP) is 4.43. The Morgan fingerprint density at radius 3 is 2.33 bits per heavy atom. The lowest BCUT2D eigenvalue weighted by Crippen LogP contribution is -2.36. The van der Waals surface area contributed by atoms with E-state index in [1.54, 1.807) is 24.5 Å². The van der Waals surface area contributed by atoms with Gasteiger partial charge in [-0.2, -0.15) is 4.98 Å². The first-order valence-electron chi connectivity index (χ1n) is 11.8. The lowest BCUT2D eigenvalue weighted by atomic mass is 9.97. The average molecular weight is 483 g/mol. The second-order valence-electron chi connectivity index (χ2n) is 8.59. The molecule has 4 aromatic rings. The van der Waals surface area contributed by atoms with Crippen molar-refractivity contribution >= 4 is 34.9 Å². The lowest BCUT2D eigenvalue weighted by Gasteiger charge is -2.32. The molecule has 0 bridgehead atoms. The van der Waals surface area contributed by atoms with E-state index in [4.69, 9.17) is 0 Å². The highest BCUT2D eigenvalue weighted by Gasteiger charge is 2.24. The predicted molar refractivity (Wildman–Crippen MR) is 138 cm³/mol. The Labute approximate surface area is 208 Å². The van der Waals surface area contributed by atoms with Crippen LogP contribution in [0.2, 0.25) is 0 Å². The van der Waals surface area contributed by atoms with Crippen molar-refractivity contribution < 1.29 is 9.90 Å². The maximum absolute atomic E-state index is 11.2. The summed E-state index contributed by atoms with van der Waals surface area (Å²) in [5.41, 5.74) is 3.53. The number of hydrogen-bond acceptors (Lipinski definition) is 9. The molecule has 0 atom stereocenters. The molecule has 1 aliphatic heterocycles. The summed E-state index contributed by atoms with van der Waals surface area (Å²) >= 11 is 0. The molecule has 1 saturated heterocycles. The van der Waals surface area contributed by atoms with Gasteiger partial charge in [0.25, 0.3) is 0 Å². The van der Waals surface area contributed by atoms with Crippen molar-refractivity contribution in [3.63, 3.8) is 0 Å². The highest BCUT2D eigenvalue weighted by atomic mass is 16.4. The lowest BCUT2D eigenvalue weighted by molar-refractivity contribution is -0.142. The number of carbonyl (C=O) groups is 1. The maximum atomic E-state index is 11.2. The van der Waals surface area contributed by atoms with Crippen molar-refractivity contribution in [2.24, 2.45) is 5.92 Å². The van der Waals surface area contributed by atoms with Crippen LogP contribution in [0.1, 0.15) is 18.5 Å². The molecule has 10 heteroatoms. The fourth-order valence-corrected chi connectivity index (χ4v) is 4.11. The average Bonchev–Trinajstić information content (AvgIpc) is 2.90. The molecule has 5 rings (SSSR count). The highest BCUT2D eigenvalue weighted by molar-refractivity contribution is 5.70. The topological polar surface area (TPSA) is 129 Å². The molecule has 1 fully saturated rings. The van der Waals surface area contributed by atoms with Crippen LogP contribution in [-0.2, 0) is 4.79 Å². The molecule has 182 valence electrons. The van der Waals surface area contributed by atoms with Gasteiger partial charge in [-0.05, 0) is 68.3 Å². The van der Waals surface area contributed by atoms with Crippen LogP contribution in [0.5, 0.6) is 0 Å². The van der Waals surface area contributed by atoms with Crippen LogP contribution in [-0.4, -0.2) is 49.1 Å². The Balaban J connectivity index is 1.23. The second-order valence-corrected chi connectivity index (χ2v) is 8.59. The van der Waals surface area contributed by atoms with Gasteiger partial charge in [0, 0.05) is 42.6 Å². The van der Waals surface area contributed by atoms with Gasteiger partial charge in [-0.25, -0.2) is 19.9 Å². The minimum atomic E-state index is -0.700. The zero-order valence-corrected chi connectivity index (χ0v) is 19.8. The van der Waals surface area contributed by atoms with Gasteiger partial charge in [-0.15, -0.1) is 0 Å². The first-order valence-corrected chi connectivity index (χ1v) is 11.8. The third-order valence-electron chi connectivity index (χ3n) is 6.02. The molecule has 0 aliphatic carbocycles. The van der Waals surface area contributed by atoms with E-state index in [0.29, 0.717) is 41.9 Å². The van der Waals surface area contributed by atoms with Gasteiger partial charge in [-0.3, -0.25) is 4.79 Å². The molecule has 10 nitrogen and oxygen atoms in total. The Bertz CT molecular complexity index is 1350. The molecule has 3 aromatic heterocycles. The third-order valence-corrected chi connectivity index (χ3v) is 6.02. The summed E-state index contributed by atoms with van der Waals surface area (Å²) in [6, 6.07) is 17.2. The molecule has 0 unspecified atom stereocenters. The number of aliphatic carboxylic acids is 1. The van der Waals surface area contributed by atoms with Gasteiger partial charge in [0.05, 0.1) is 5.92 Å². The molecule has 1 aromatic carbocycles. The highest BCUT2D eigenvalue weighted by Crippen LogP contribution is 2.26. The van der Waals surface area contributed by atoms with Crippen molar-refractivity contribution in [1.29, 1.82) is 0 Å². The fourth-order valence-electron chi connectivity index (χ4n) is 4.11. The molecule has 0 saturated carbocycles. The van der Waals surface area contributed by atoms with Crippen LogP contribution in [0.4, 0.5) is 29.0 Å². The number of pyridine rings is 1. The summed E-state index contributed by atoms with van der Waals surface area (Å²) in [7, 11) is 0. The van der Waals surface area contributed by atoms with Crippen LogP contribution in [0.3, 0.4) is 0 Å². The van der Waals surface area contributed by atoms with Gasteiger partial charge in [0.2, 0.25) is 5.95 Å². The number of nitrogens with one attached hydrogen (secondary N) is 2. The Morgan fingerprint density at radius 1 is 0.889 bits per heavy atom. The summed E-state index contributed by atoms with van der Waals surface area (Å²) in [5.74, 6) is 1.23. The smallest absolute Gasteiger partial charge is 0.306 e. The molecule has 0 radical (unpaired) electrons. The van der Waals surface area contributed by atoms with Crippen molar-refractivity contribution in [2.45, 2.75) is 19.8 Å². The molecular weight excluding hydrogens is 456 g/mol. The number of rotatable bonds is 7. The van der Waals surface area contributed by atoms with Gasteiger partial charge in [0.1, 0.15) is 17.3 Å². The SMILES string of the molecule is Cc1cccc(-c2nccc(Nc3ccnc(Nc4ccc(N5CCC(C(=O)O)CC5)cc4)n3)n2)n1. The Hall–Kier alpha value is -4.60.